The molecule has 1 aliphatic carbocycles. The summed E-state index contributed by atoms with van der Waals surface area (Å²) in [5, 5.41) is 5.10. The number of amides is 2. The third kappa shape index (κ3) is 5.80. The van der Waals surface area contributed by atoms with E-state index >= 15 is 0 Å². The van der Waals surface area contributed by atoms with Crippen molar-refractivity contribution in [3.63, 3.8) is 0 Å². The number of nitrogens with one attached hydrogen (secondary N) is 2. The molecule has 2 aromatic carbocycles. The highest BCUT2D eigenvalue weighted by Crippen LogP contribution is 2.30. The minimum Gasteiger partial charge on any atom is -0.484 e. The fourth-order valence-corrected chi connectivity index (χ4v) is 4.77. The smallest absolute Gasteiger partial charge is 0.407 e. The Morgan fingerprint density at radius 3 is 2.60 bits per heavy atom. The lowest BCUT2D eigenvalue weighted by Crippen LogP contribution is -2.30. The van der Waals surface area contributed by atoms with Gasteiger partial charge in [-0.15, -0.1) is 0 Å². The second-order valence-electron chi connectivity index (χ2n) is 7.95. The Morgan fingerprint density at radius 1 is 1.11 bits per heavy atom. The lowest BCUT2D eigenvalue weighted by Gasteiger charge is -2.13. The van der Waals surface area contributed by atoms with Gasteiger partial charge in [-0.25, -0.2) is 21.6 Å². The van der Waals surface area contributed by atoms with Crippen molar-refractivity contribution in [2.24, 2.45) is 0 Å². The molecule has 2 N–H and O–H groups in total. The molecule has 1 saturated carbocycles. The van der Waals surface area contributed by atoms with Gasteiger partial charge in [0.25, 0.3) is 15.9 Å². The van der Waals surface area contributed by atoms with Crippen molar-refractivity contribution in [2.75, 3.05) is 13.7 Å². The lowest BCUT2D eigenvalue weighted by atomic mass is 10.1. The van der Waals surface area contributed by atoms with E-state index in [-0.39, 0.29) is 47.1 Å². The molecular formula is C24H24FN3O6S. The van der Waals surface area contributed by atoms with E-state index in [1.54, 1.807) is 12.1 Å². The molecule has 4 rings (SSSR count). The first-order valence-electron chi connectivity index (χ1n) is 10.9. The summed E-state index contributed by atoms with van der Waals surface area (Å²) in [4.78, 5) is 23.3. The number of aromatic nitrogens is 1. The monoisotopic (exact) mass is 501 g/mol. The zero-order chi connectivity index (χ0) is 25.0. The molecule has 1 aromatic heterocycles. The van der Waals surface area contributed by atoms with Crippen LogP contribution < -0.4 is 15.4 Å². The Balaban J connectivity index is 1.65. The number of alkyl carbamates (subject to hydrolysis) is 1. The molecule has 0 spiro atoms. The van der Waals surface area contributed by atoms with Crippen molar-refractivity contribution in [1.29, 1.82) is 0 Å². The van der Waals surface area contributed by atoms with Crippen LogP contribution in [-0.2, 0) is 26.2 Å². The van der Waals surface area contributed by atoms with Crippen molar-refractivity contribution in [3.8, 4) is 17.0 Å². The van der Waals surface area contributed by atoms with E-state index in [9.17, 15) is 22.4 Å². The Labute approximate surface area is 201 Å². The van der Waals surface area contributed by atoms with Crippen LogP contribution in [0.3, 0.4) is 0 Å². The van der Waals surface area contributed by atoms with Gasteiger partial charge in [-0.2, -0.15) is 0 Å². The third-order valence-corrected chi connectivity index (χ3v) is 6.91. The summed E-state index contributed by atoms with van der Waals surface area (Å²) in [5.41, 5.74) is 0.472. The highest BCUT2D eigenvalue weighted by molar-refractivity contribution is 7.90. The van der Waals surface area contributed by atoms with Crippen molar-refractivity contribution >= 4 is 22.0 Å². The standard InChI is InChI=1S/C24H24FN3O6S/c1-26-24(30)34-14-16-11-22(20-7-2-3-8-21(20)25)28(13-16)35(31,32)19-6-4-5-18(12-19)33-15-23(29)27-17-9-10-17/h2-8,11-13,17H,9-10,14-15H2,1H3,(H,26,30)(H,27,29). The maximum Gasteiger partial charge on any atom is 0.407 e. The average molecular weight is 502 g/mol. The Hall–Kier alpha value is -3.86. The van der Waals surface area contributed by atoms with E-state index in [0.29, 0.717) is 5.56 Å². The quantitative estimate of drug-likeness (QED) is 0.466. The van der Waals surface area contributed by atoms with Gasteiger partial charge >= 0.3 is 6.09 Å². The summed E-state index contributed by atoms with van der Waals surface area (Å²) in [5.74, 6) is -0.701. The number of hydrogen-bond acceptors (Lipinski definition) is 6. The zero-order valence-corrected chi connectivity index (χ0v) is 19.7. The molecule has 9 nitrogen and oxygen atoms in total. The van der Waals surface area contributed by atoms with Gasteiger partial charge in [-0.3, -0.25) is 4.79 Å². The van der Waals surface area contributed by atoms with E-state index in [1.807, 2.05) is 0 Å². The first-order chi connectivity index (χ1) is 16.8. The van der Waals surface area contributed by atoms with Crippen LogP contribution in [0.15, 0.2) is 65.7 Å². The normalized spacial score (nSPS) is 13.2. The summed E-state index contributed by atoms with van der Waals surface area (Å²) in [6.07, 6.45) is 2.47. The van der Waals surface area contributed by atoms with Gasteiger partial charge in [0.15, 0.2) is 6.61 Å². The molecule has 0 atom stereocenters. The predicted octanol–water partition coefficient (Wildman–Crippen LogP) is 3.04. The summed E-state index contributed by atoms with van der Waals surface area (Å²) in [6.45, 7) is -0.464. The van der Waals surface area contributed by atoms with Crippen molar-refractivity contribution in [1.82, 2.24) is 14.6 Å². The van der Waals surface area contributed by atoms with Gasteiger partial charge in [0.05, 0.1) is 10.6 Å². The predicted molar refractivity (Wildman–Crippen MR) is 125 cm³/mol. The van der Waals surface area contributed by atoms with Crippen LogP contribution in [0.25, 0.3) is 11.3 Å². The van der Waals surface area contributed by atoms with Gasteiger partial charge in [0.2, 0.25) is 0 Å². The highest BCUT2D eigenvalue weighted by Gasteiger charge is 2.25. The molecule has 2 amide bonds. The van der Waals surface area contributed by atoms with Crippen molar-refractivity contribution in [3.05, 3.63) is 72.2 Å². The molecule has 3 aromatic rings. The van der Waals surface area contributed by atoms with Gasteiger partial charge in [-0.05, 0) is 43.2 Å². The summed E-state index contributed by atoms with van der Waals surface area (Å²) >= 11 is 0. The summed E-state index contributed by atoms with van der Waals surface area (Å²) in [6, 6.07) is 13.1. The van der Waals surface area contributed by atoms with Crippen LogP contribution in [0.5, 0.6) is 5.75 Å². The fourth-order valence-electron chi connectivity index (χ4n) is 3.34. The van der Waals surface area contributed by atoms with Crippen LogP contribution >= 0.6 is 0 Å². The molecule has 0 bridgehead atoms. The van der Waals surface area contributed by atoms with Gasteiger partial charge < -0.3 is 20.1 Å². The van der Waals surface area contributed by atoms with E-state index in [4.69, 9.17) is 9.47 Å². The number of carbonyl (C=O) groups is 2. The average Bonchev–Trinajstić information content (AvgIpc) is 3.56. The second-order valence-corrected chi connectivity index (χ2v) is 9.76. The van der Waals surface area contributed by atoms with E-state index in [1.165, 1.54) is 55.7 Å². The van der Waals surface area contributed by atoms with Crippen LogP contribution in [-0.4, -0.2) is 44.1 Å². The third-order valence-electron chi connectivity index (χ3n) is 5.24. The summed E-state index contributed by atoms with van der Waals surface area (Å²) < 4.78 is 53.2. The maximum absolute atomic E-state index is 14.6. The zero-order valence-electron chi connectivity index (χ0n) is 18.9. The lowest BCUT2D eigenvalue weighted by molar-refractivity contribution is -0.123. The Bertz CT molecular complexity index is 1350. The number of nitrogens with zero attached hydrogens (tertiary/aromatic N) is 1. The largest absolute Gasteiger partial charge is 0.484 e. The van der Waals surface area contributed by atoms with E-state index in [2.05, 4.69) is 10.6 Å². The number of carbonyl (C=O) groups excluding carboxylic acids is 2. The highest BCUT2D eigenvalue weighted by atomic mass is 32.2. The molecule has 0 saturated heterocycles. The molecule has 184 valence electrons. The topological polar surface area (TPSA) is 116 Å². The molecule has 0 unspecified atom stereocenters. The molecule has 1 fully saturated rings. The number of rotatable bonds is 9. The van der Waals surface area contributed by atoms with Crippen molar-refractivity contribution in [2.45, 2.75) is 30.4 Å². The Morgan fingerprint density at radius 2 is 1.89 bits per heavy atom. The van der Waals surface area contributed by atoms with Crippen LogP contribution in [0.2, 0.25) is 0 Å². The molecule has 1 aliphatic rings. The van der Waals surface area contributed by atoms with E-state index < -0.39 is 21.9 Å². The minimum absolute atomic E-state index is 0.0615. The van der Waals surface area contributed by atoms with Gasteiger partial charge in [0, 0.05) is 36.5 Å². The van der Waals surface area contributed by atoms with Crippen LogP contribution in [0.1, 0.15) is 18.4 Å². The Kier molecular flexibility index (Phi) is 7.06. The minimum atomic E-state index is -4.21. The van der Waals surface area contributed by atoms with E-state index in [0.717, 1.165) is 16.8 Å². The number of ether oxygens (including phenoxy) is 2. The van der Waals surface area contributed by atoms with Crippen molar-refractivity contribution < 1.29 is 31.9 Å². The molecule has 0 radical (unpaired) electrons. The van der Waals surface area contributed by atoms with Gasteiger partial charge in [0.1, 0.15) is 18.2 Å². The summed E-state index contributed by atoms with van der Waals surface area (Å²) in [7, 11) is -2.82. The van der Waals surface area contributed by atoms with Gasteiger partial charge in [-0.1, -0.05) is 18.2 Å². The second kappa shape index (κ2) is 10.2. The molecular weight excluding hydrogens is 477 g/mol. The maximum atomic E-state index is 14.6. The molecule has 35 heavy (non-hydrogen) atoms. The fraction of sp³-hybridized carbons (Fsp3) is 0.250. The molecule has 1 heterocycles. The molecule has 0 aliphatic heterocycles. The number of benzene rings is 2. The number of hydrogen-bond donors (Lipinski definition) is 2. The van der Waals surface area contributed by atoms with Crippen LogP contribution in [0.4, 0.5) is 9.18 Å². The first-order valence-corrected chi connectivity index (χ1v) is 12.3. The SMILES string of the molecule is CNC(=O)OCc1cc(-c2ccccc2F)n(S(=O)(=O)c2cccc(OCC(=O)NC3CC3)c2)c1. The number of halogens is 1. The first kappa shape index (κ1) is 24.3. The van der Waals surface area contributed by atoms with Crippen LogP contribution in [0, 0.1) is 5.82 Å². The molecule has 11 heteroatoms.